The van der Waals surface area contributed by atoms with Crippen molar-refractivity contribution in [1.29, 1.82) is 0 Å². The van der Waals surface area contributed by atoms with Crippen molar-refractivity contribution in [3.8, 4) is 0 Å². The fraction of sp³-hybridized carbons (Fsp3) is 0.786. The third-order valence-electron chi connectivity index (χ3n) is 3.72. The summed E-state index contributed by atoms with van der Waals surface area (Å²) in [5, 5.41) is 11.8. The molecule has 21 heavy (non-hydrogen) atoms. The van der Waals surface area contributed by atoms with E-state index in [1.165, 1.54) is 4.90 Å². The van der Waals surface area contributed by atoms with Gasteiger partial charge in [-0.15, -0.1) is 0 Å². The number of carbonyl (C=O) groups is 3. The topological polar surface area (TPSA) is 89.9 Å². The molecule has 0 spiro atoms. The van der Waals surface area contributed by atoms with Gasteiger partial charge in [-0.05, 0) is 18.3 Å². The first-order chi connectivity index (χ1) is 9.73. The van der Waals surface area contributed by atoms with Gasteiger partial charge in [0.05, 0.1) is 0 Å². The SMILES string of the molecule is CC(C)[C@H](C(=O)O)C(=O)NC[C@@H]1CCN(C(=O)N(C)C)C1. The Morgan fingerprint density at radius 1 is 1.33 bits per heavy atom. The average molecular weight is 299 g/mol. The third kappa shape index (κ3) is 4.61. The zero-order valence-electron chi connectivity index (χ0n) is 13.1. The van der Waals surface area contributed by atoms with Crippen LogP contribution in [0.4, 0.5) is 4.79 Å². The van der Waals surface area contributed by atoms with Crippen LogP contribution in [0.3, 0.4) is 0 Å². The highest BCUT2D eigenvalue weighted by atomic mass is 16.4. The summed E-state index contributed by atoms with van der Waals surface area (Å²) in [7, 11) is 3.41. The Morgan fingerprint density at radius 3 is 2.43 bits per heavy atom. The van der Waals surface area contributed by atoms with Crippen molar-refractivity contribution in [2.45, 2.75) is 20.3 Å². The van der Waals surface area contributed by atoms with Crippen LogP contribution in [0, 0.1) is 17.8 Å². The minimum atomic E-state index is -1.10. The van der Waals surface area contributed by atoms with Crippen molar-refractivity contribution in [2.24, 2.45) is 17.8 Å². The molecule has 1 rings (SSSR count). The van der Waals surface area contributed by atoms with Crippen molar-refractivity contribution >= 4 is 17.9 Å². The second-order valence-electron chi connectivity index (χ2n) is 6.08. The van der Waals surface area contributed by atoms with Crippen LogP contribution in [-0.4, -0.2) is 66.5 Å². The number of likely N-dealkylation sites (tertiary alicyclic amines) is 1. The number of urea groups is 1. The van der Waals surface area contributed by atoms with Gasteiger partial charge in [0.25, 0.3) is 0 Å². The third-order valence-corrected chi connectivity index (χ3v) is 3.72. The Labute approximate surface area is 125 Å². The molecule has 0 bridgehead atoms. The fourth-order valence-corrected chi connectivity index (χ4v) is 2.51. The van der Waals surface area contributed by atoms with Crippen molar-refractivity contribution < 1.29 is 19.5 Å². The number of carboxylic acids is 1. The molecule has 1 aliphatic rings. The minimum absolute atomic E-state index is 0.0329. The Kier molecular flexibility index (Phi) is 5.99. The van der Waals surface area contributed by atoms with E-state index in [1.807, 2.05) is 0 Å². The van der Waals surface area contributed by atoms with Crippen molar-refractivity contribution in [2.75, 3.05) is 33.7 Å². The number of aliphatic carboxylic acids is 1. The highest BCUT2D eigenvalue weighted by molar-refractivity contribution is 5.97. The Bertz CT molecular complexity index is 409. The molecule has 0 saturated carbocycles. The van der Waals surface area contributed by atoms with Crippen molar-refractivity contribution in [3.05, 3.63) is 0 Å². The summed E-state index contributed by atoms with van der Waals surface area (Å²) in [6, 6.07) is -0.0329. The molecule has 7 heteroatoms. The largest absolute Gasteiger partial charge is 0.481 e. The Hall–Kier alpha value is -1.79. The van der Waals surface area contributed by atoms with Gasteiger partial charge >= 0.3 is 12.0 Å². The molecular weight excluding hydrogens is 274 g/mol. The first-order valence-electron chi connectivity index (χ1n) is 7.20. The zero-order valence-corrected chi connectivity index (χ0v) is 13.1. The van der Waals surface area contributed by atoms with Crippen LogP contribution in [0.5, 0.6) is 0 Å². The number of hydrogen-bond acceptors (Lipinski definition) is 3. The van der Waals surface area contributed by atoms with E-state index in [0.29, 0.717) is 19.6 Å². The van der Waals surface area contributed by atoms with E-state index < -0.39 is 17.8 Å². The summed E-state index contributed by atoms with van der Waals surface area (Å²) in [6.07, 6.45) is 0.819. The van der Waals surface area contributed by atoms with E-state index in [1.54, 1.807) is 32.8 Å². The maximum absolute atomic E-state index is 11.9. The van der Waals surface area contributed by atoms with E-state index in [2.05, 4.69) is 5.32 Å². The smallest absolute Gasteiger partial charge is 0.319 e. The molecule has 0 aromatic rings. The summed E-state index contributed by atoms with van der Waals surface area (Å²) < 4.78 is 0. The van der Waals surface area contributed by atoms with Gasteiger partial charge < -0.3 is 20.2 Å². The predicted octanol–water partition coefficient (Wildman–Crippen LogP) is 0.463. The number of hydrogen-bond donors (Lipinski definition) is 2. The molecule has 1 heterocycles. The van der Waals surface area contributed by atoms with E-state index in [-0.39, 0.29) is 17.9 Å². The maximum atomic E-state index is 11.9. The van der Waals surface area contributed by atoms with Crippen LogP contribution in [-0.2, 0) is 9.59 Å². The summed E-state index contributed by atoms with van der Waals surface area (Å²) in [6.45, 7) is 5.10. The predicted molar refractivity (Wildman–Crippen MR) is 77.7 cm³/mol. The van der Waals surface area contributed by atoms with E-state index >= 15 is 0 Å². The molecule has 1 fully saturated rings. The summed E-state index contributed by atoms with van der Waals surface area (Å²) in [4.78, 5) is 38.1. The summed E-state index contributed by atoms with van der Waals surface area (Å²) >= 11 is 0. The van der Waals surface area contributed by atoms with Gasteiger partial charge in [-0.3, -0.25) is 9.59 Å². The fourth-order valence-electron chi connectivity index (χ4n) is 2.51. The molecule has 7 nitrogen and oxygen atoms in total. The highest BCUT2D eigenvalue weighted by Gasteiger charge is 2.31. The van der Waals surface area contributed by atoms with Gasteiger partial charge in [0.1, 0.15) is 5.92 Å². The number of nitrogens with one attached hydrogen (secondary N) is 1. The molecule has 2 atom stereocenters. The Balaban J connectivity index is 2.45. The van der Waals surface area contributed by atoms with E-state index in [4.69, 9.17) is 5.11 Å². The van der Waals surface area contributed by atoms with Crippen LogP contribution in [0.25, 0.3) is 0 Å². The molecule has 0 radical (unpaired) electrons. The number of amides is 3. The number of rotatable bonds is 5. The number of carbonyl (C=O) groups excluding carboxylic acids is 2. The lowest BCUT2D eigenvalue weighted by atomic mass is 9.95. The summed E-state index contributed by atoms with van der Waals surface area (Å²) in [5.74, 6) is -2.64. The van der Waals surface area contributed by atoms with Crippen LogP contribution in [0.1, 0.15) is 20.3 Å². The lowest BCUT2D eigenvalue weighted by Crippen LogP contribution is -2.41. The van der Waals surface area contributed by atoms with Gasteiger partial charge in [0.15, 0.2) is 0 Å². The second-order valence-corrected chi connectivity index (χ2v) is 6.08. The molecule has 2 N–H and O–H groups in total. The molecule has 3 amide bonds. The van der Waals surface area contributed by atoms with Gasteiger partial charge in [-0.1, -0.05) is 13.8 Å². The second kappa shape index (κ2) is 7.28. The monoisotopic (exact) mass is 299 g/mol. The van der Waals surface area contributed by atoms with Crippen molar-refractivity contribution in [1.82, 2.24) is 15.1 Å². The van der Waals surface area contributed by atoms with Gasteiger partial charge in [0.2, 0.25) is 5.91 Å². The van der Waals surface area contributed by atoms with Crippen LogP contribution in [0.2, 0.25) is 0 Å². The quantitative estimate of drug-likeness (QED) is 0.722. The molecule has 0 unspecified atom stereocenters. The first kappa shape index (κ1) is 17.3. The molecule has 0 aromatic heterocycles. The zero-order chi connectivity index (χ0) is 16.2. The standard InChI is InChI=1S/C14H25N3O4/c1-9(2)11(13(19)20)12(18)15-7-10-5-6-17(8-10)14(21)16(3)4/h9-11H,5-8H2,1-4H3,(H,15,18)(H,19,20)/t10-,11-/m0/s1. The highest BCUT2D eigenvalue weighted by Crippen LogP contribution is 2.17. The molecule has 1 aliphatic heterocycles. The van der Waals surface area contributed by atoms with Gasteiger partial charge in [0, 0.05) is 33.7 Å². The van der Waals surface area contributed by atoms with Crippen LogP contribution in [0.15, 0.2) is 0 Å². The lowest BCUT2D eigenvalue weighted by Gasteiger charge is -2.21. The Morgan fingerprint density at radius 2 is 1.95 bits per heavy atom. The lowest BCUT2D eigenvalue weighted by molar-refractivity contribution is -0.148. The van der Waals surface area contributed by atoms with Crippen molar-refractivity contribution in [3.63, 3.8) is 0 Å². The van der Waals surface area contributed by atoms with Crippen LogP contribution < -0.4 is 5.32 Å². The molecule has 1 saturated heterocycles. The molecule has 0 aliphatic carbocycles. The molecule has 120 valence electrons. The number of nitrogens with zero attached hydrogens (tertiary/aromatic N) is 2. The maximum Gasteiger partial charge on any atom is 0.319 e. The normalized spacial score (nSPS) is 19.5. The molecule has 0 aromatic carbocycles. The van der Waals surface area contributed by atoms with Gasteiger partial charge in [-0.2, -0.15) is 0 Å². The van der Waals surface area contributed by atoms with E-state index in [9.17, 15) is 14.4 Å². The average Bonchev–Trinajstić information content (AvgIpc) is 2.83. The summed E-state index contributed by atoms with van der Waals surface area (Å²) in [5.41, 5.74) is 0. The number of carboxylic acid groups (broad SMARTS) is 1. The van der Waals surface area contributed by atoms with E-state index in [0.717, 1.165) is 6.42 Å². The van der Waals surface area contributed by atoms with Gasteiger partial charge in [-0.25, -0.2) is 4.79 Å². The first-order valence-corrected chi connectivity index (χ1v) is 7.20. The van der Waals surface area contributed by atoms with Crippen LogP contribution >= 0.6 is 0 Å². The molecular formula is C14H25N3O4. The minimum Gasteiger partial charge on any atom is -0.481 e.